The average molecular weight is 428 g/mol. The lowest BCUT2D eigenvalue weighted by atomic mass is 10.2. The molecule has 0 N–H and O–H groups in total. The third kappa shape index (κ3) is 6.32. The predicted octanol–water partition coefficient (Wildman–Crippen LogP) is 2.18. The summed E-state index contributed by atoms with van der Waals surface area (Å²) in [5.41, 5.74) is 0.0100. The van der Waals surface area contributed by atoms with Gasteiger partial charge in [-0.2, -0.15) is 13.2 Å². The van der Waals surface area contributed by atoms with Crippen molar-refractivity contribution < 1.29 is 27.5 Å². The van der Waals surface area contributed by atoms with Crippen LogP contribution in [0, 0.1) is 0 Å². The van der Waals surface area contributed by atoms with Crippen molar-refractivity contribution in [3.63, 3.8) is 0 Å². The minimum atomic E-state index is -4.51. The zero-order valence-corrected chi connectivity index (χ0v) is 16.9. The van der Waals surface area contributed by atoms with Crippen LogP contribution in [-0.4, -0.2) is 90.1 Å². The number of likely N-dealkylation sites (tertiary alicyclic amines) is 1. The van der Waals surface area contributed by atoms with E-state index >= 15 is 0 Å². The Bertz CT molecular complexity index is 728. The molecule has 0 unspecified atom stereocenters. The predicted molar refractivity (Wildman–Crippen MR) is 103 cm³/mol. The highest BCUT2D eigenvalue weighted by molar-refractivity contribution is 5.96. The van der Waals surface area contributed by atoms with Crippen molar-refractivity contribution in [3.8, 4) is 5.88 Å². The van der Waals surface area contributed by atoms with Gasteiger partial charge >= 0.3 is 6.18 Å². The van der Waals surface area contributed by atoms with Gasteiger partial charge in [0.2, 0.25) is 11.8 Å². The summed E-state index contributed by atoms with van der Waals surface area (Å²) in [6.07, 6.45) is 1.18. The normalized spacial score (nSPS) is 18.8. The Morgan fingerprint density at radius 1 is 0.967 bits per heavy atom. The van der Waals surface area contributed by atoms with Crippen molar-refractivity contribution in [1.29, 1.82) is 0 Å². The third-order valence-electron chi connectivity index (χ3n) is 5.35. The van der Waals surface area contributed by atoms with Gasteiger partial charge in [0.25, 0.3) is 5.91 Å². The molecule has 7 nitrogen and oxygen atoms in total. The zero-order chi connectivity index (χ0) is 21.6. The van der Waals surface area contributed by atoms with E-state index in [9.17, 15) is 22.8 Å². The molecule has 3 rings (SSSR count). The molecule has 3 heterocycles. The number of hydrogen-bond acceptors (Lipinski definition) is 5. The lowest BCUT2D eigenvalue weighted by Gasteiger charge is -2.35. The van der Waals surface area contributed by atoms with Crippen LogP contribution < -0.4 is 4.74 Å². The number of nitrogens with zero attached hydrogens (tertiary/aromatic N) is 4. The van der Waals surface area contributed by atoms with E-state index in [0.717, 1.165) is 38.8 Å². The van der Waals surface area contributed by atoms with Gasteiger partial charge in [-0.3, -0.25) is 14.5 Å². The van der Waals surface area contributed by atoms with Crippen LogP contribution in [-0.2, 0) is 4.79 Å². The summed E-state index contributed by atoms with van der Waals surface area (Å²) in [5.74, 6) is -0.621. The summed E-state index contributed by atoms with van der Waals surface area (Å²) in [4.78, 5) is 34.6. The van der Waals surface area contributed by atoms with Crippen LogP contribution in [0.3, 0.4) is 0 Å². The maximum atomic E-state index is 12.8. The van der Waals surface area contributed by atoms with E-state index in [1.165, 1.54) is 18.3 Å². The molecule has 1 aromatic heterocycles. The molecule has 2 saturated heterocycles. The first-order valence-electron chi connectivity index (χ1n) is 10.3. The SMILES string of the molecule is O=C(CN1CCN(C(=O)c2cccnc2OCC(F)(F)F)CC1)N1CCCCCC1. The highest BCUT2D eigenvalue weighted by atomic mass is 19.4. The summed E-state index contributed by atoms with van der Waals surface area (Å²) in [5, 5.41) is 0. The van der Waals surface area contributed by atoms with Crippen LogP contribution in [0.4, 0.5) is 13.2 Å². The number of rotatable bonds is 5. The van der Waals surface area contributed by atoms with E-state index in [-0.39, 0.29) is 17.4 Å². The van der Waals surface area contributed by atoms with Crippen molar-refractivity contribution in [2.75, 3.05) is 52.4 Å². The van der Waals surface area contributed by atoms with E-state index in [2.05, 4.69) is 4.98 Å². The molecule has 0 bridgehead atoms. The van der Waals surface area contributed by atoms with E-state index in [4.69, 9.17) is 4.74 Å². The summed E-state index contributed by atoms with van der Waals surface area (Å²) < 4.78 is 42.1. The molecular weight excluding hydrogens is 401 g/mol. The molecule has 10 heteroatoms. The molecule has 2 aliphatic rings. The van der Waals surface area contributed by atoms with Crippen LogP contribution >= 0.6 is 0 Å². The summed E-state index contributed by atoms with van der Waals surface area (Å²) in [6, 6.07) is 2.90. The van der Waals surface area contributed by atoms with Gasteiger partial charge in [-0.15, -0.1) is 0 Å². The fourth-order valence-electron chi connectivity index (χ4n) is 3.71. The molecule has 2 fully saturated rings. The Morgan fingerprint density at radius 3 is 2.27 bits per heavy atom. The topological polar surface area (TPSA) is 66.0 Å². The highest BCUT2D eigenvalue weighted by Crippen LogP contribution is 2.22. The van der Waals surface area contributed by atoms with Crippen molar-refractivity contribution >= 4 is 11.8 Å². The van der Waals surface area contributed by atoms with Gasteiger partial charge in [-0.1, -0.05) is 12.8 Å². The first-order valence-corrected chi connectivity index (χ1v) is 10.3. The van der Waals surface area contributed by atoms with Gasteiger partial charge in [-0.05, 0) is 25.0 Å². The molecule has 1 aromatic rings. The molecule has 0 spiro atoms. The molecule has 0 atom stereocenters. The zero-order valence-electron chi connectivity index (χ0n) is 16.9. The third-order valence-corrected chi connectivity index (χ3v) is 5.35. The smallest absolute Gasteiger partial charge is 0.422 e. The van der Waals surface area contributed by atoms with E-state index in [1.54, 1.807) is 4.90 Å². The van der Waals surface area contributed by atoms with Gasteiger partial charge in [0.15, 0.2) is 6.61 Å². The van der Waals surface area contributed by atoms with Crippen LogP contribution in [0.1, 0.15) is 36.0 Å². The van der Waals surface area contributed by atoms with Gasteiger partial charge in [-0.25, -0.2) is 4.98 Å². The Kier molecular flexibility index (Phi) is 7.52. The molecule has 30 heavy (non-hydrogen) atoms. The molecule has 166 valence electrons. The largest absolute Gasteiger partial charge is 0.467 e. The number of aromatic nitrogens is 1. The Morgan fingerprint density at radius 2 is 1.63 bits per heavy atom. The van der Waals surface area contributed by atoms with Gasteiger partial charge in [0.1, 0.15) is 5.56 Å². The molecular formula is C20H27F3N4O3. The van der Waals surface area contributed by atoms with Gasteiger partial charge < -0.3 is 14.5 Å². The second-order valence-corrected chi connectivity index (χ2v) is 7.62. The Balaban J connectivity index is 1.52. The van der Waals surface area contributed by atoms with Gasteiger partial charge in [0, 0.05) is 45.5 Å². The summed E-state index contributed by atoms with van der Waals surface area (Å²) in [7, 11) is 0. The number of ether oxygens (including phenoxy) is 1. The standard InChI is InChI=1S/C20H27F3N4O3/c21-20(22,23)15-30-18-16(6-5-7-24-18)19(29)27-12-10-25(11-13-27)14-17(28)26-8-3-1-2-4-9-26/h5-7H,1-4,8-15H2. The molecule has 0 aromatic carbocycles. The van der Waals surface area contributed by atoms with Crippen molar-refractivity contribution in [3.05, 3.63) is 23.9 Å². The van der Waals surface area contributed by atoms with E-state index < -0.39 is 18.7 Å². The maximum absolute atomic E-state index is 12.8. The molecule has 0 saturated carbocycles. The fourth-order valence-corrected chi connectivity index (χ4v) is 3.71. The number of carbonyl (C=O) groups excluding carboxylic acids is 2. The Labute approximate surface area is 173 Å². The first-order chi connectivity index (χ1) is 14.3. The minimum Gasteiger partial charge on any atom is -0.467 e. The van der Waals surface area contributed by atoms with E-state index in [1.807, 2.05) is 9.80 Å². The summed E-state index contributed by atoms with van der Waals surface area (Å²) in [6.45, 7) is 2.28. The molecule has 2 amide bonds. The number of halogens is 3. The Hall–Kier alpha value is -2.36. The number of piperazine rings is 1. The second kappa shape index (κ2) is 10.1. The highest BCUT2D eigenvalue weighted by Gasteiger charge is 2.31. The number of carbonyl (C=O) groups is 2. The second-order valence-electron chi connectivity index (χ2n) is 7.62. The molecule has 2 aliphatic heterocycles. The monoisotopic (exact) mass is 428 g/mol. The number of hydrogen-bond donors (Lipinski definition) is 0. The quantitative estimate of drug-likeness (QED) is 0.719. The number of alkyl halides is 3. The van der Waals surface area contributed by atoms with Gasteiger partial charge in [0.05, 0.1) is 6.54 Å². The number of amides is 2. The first kappa shape index (κ1) is 22.3. The summed E-state index contributed by atoms with van der Waals surface area (Å²) >= 11 is 0. The van der Waals surface area contributed by atoms with Crippen LogP contribution in [0.15, 0.2) is 18.3 Å². The lowest BCUT2D eigenvalue weighted by molar-refractivity contribution is -0.154. The average Bonchev–Trinajstić information content (AvgIpc) is 3.02. The molecule has 0 radical (unpaired) electrons. The van der Waals surface area contributed by atoms with Crippen molar-refractivity contribution in [2.24, 2.45) is 0 Å². The van der Waals surface area contributed by atoms with Crippen LogP contribution in [0.5, 0.6) is 5.88 Å². The number of pyridine rings is 1. The van der Waals surface area contributed by atoms with Crippen LogP contribution in [0.2, 0.25) is 0 Å². The van der Waals surface area contributed by atoms with Crippen LogP contribution in [0.25, 0.3) is 0 Å². The molecule has 0 aliphatic carbocycles. The van der Waals surface area contributed by atoms with Crippen molar-refractivity contribution in [2.45, 2.75) is 31.9 Å². The fraction of sp³-hybridized carbons (Fsp3) is 0.650. The minimum absolute atomic E-state index is 0.0100. The van der Waals surface area contributed by atoms with E-state index in [0.29, 0.717) is 32.7 Å². The van der Waals surface area contributed by atoms with Crippen molar-refractivity contribution in [1.82, 2.24) is 19.7 Å². The maximum Gasteiger partial charge on any atom is 0.422 e. The lowest BCUT2D eigenvalue weighted by Crippen LogP contribution is -2.51.